The fourth-order valence-electron chi connectivity index (χ4n) is 3.10. The quantitative estimate of drug-likeness (QED) is 0.804. The molecule has 2 aromatic carbocycles. The minimum atomic E-state index is -0.412. The molecule has 27 heavy (non-hydrogen) atoms. The summed E-state index contributed by atoms with van der Waals surface area (Å²) in [4.78, 5) is 26.1. The van der Waals surface area contributed by atoms with Crippen LogP contribution in [-0.4, -0.2) is 25.0 Å². The predicted molar refractivity (Wildman–Crippen MR) is 103 cm³/mol. The Hall–Kier alpha value is -2.89. The SMILES string of the molecule is CCCCN1C(=O)CCc2cc(NC(=O)COc3cccc(F)c3)ccc21. The minimum Gasteiger partial charge on any atom is -0.484 e. The molecule has 0 radical (unpaired) electrons. The van der Waals surface area contributed by atoms with Crippen molar-refractivity contribution < 1.29 is 18.7 Å². The minimum absolute atomic E-state index is 0.149. The van der Waals surface area contributed by atoms with Gasteiger partial charge in [-0.3, -0.25) is 9.59 Å². The number of halogens is 1. The van der Waals surface area contributed by atoms with Crippen LogP contribution in [0.4, 0.5) is 15.8 Å². The number of carbonyl (C=O) groups is 2. The number of hydrogen-bond acceptors (Lipinski definition) is 3. The lowest BCUT2D eigenvalue weighted by molar-refractivity contribution is -0.119. The van der Waals surface area contributed by atoms with Crippen molar-refractivity contribution in [3.05, 3.63) is 53.8 Å². The number of aryl methyl sites for hydroxylation is 1. The van der Waals surface area contributed by atoms with Crippen LogP contribution >= 0.6 is 0 Å². The van der Waals surface area contributed by atoms with Gasteiger partial charge in [0.2, 0.25) is 5.91 Å². The molecule has 3 rings (SSSR count). The Bertz CT molecular complexity index is 838. The second-order valence-electron chi connectivity index (χ2n) is 6.54. The van der Waals surface area contributed by atoms with E-state index in [1.165, 1.54) is 18.2 Å². The Morgan fingerprint density at radius 3 is 2.85 bits per heavy atom. The average Bonchev–Trinajstić information content (AvgIpc) is 2.66. The second-order valence-corrected chi connectivity index (χ2v) is 6.54. The van der Waals surface area contributed by atoms with Crippen LogP contribution < -0.4 is 15.0 Å². The molecule has 0 aromatic heterocycles. The summed E-state index contributed by atoms with van der Waals surface area (Å²) in [6.07, 6.45) is 3.14. The highest BCUT2D eigenvalue weighted by Crippen LogP contribution is 2.30. The maximum atomic E-state index is 13.1. The Morgan fingerprint density at radius 1 is 1.22 bits per heavy atom. The van der Waals surface area contributed by atoms with Crippen LogP contribution in [-0.2, 0) is 16.0 Å². The van der Waals surface area contributed by atoms with E-state index in [-0.39, 0.29) is 18.4 Å². The van der Waals surface area contributed by atoms with Crippen molar-refractivity contribution in [2.24, 2.45) is 0 Å². The molecule has 2 aromatic rings. The summed E-state index contributed by atoms with van der Waals surface area (Å²) < 4.78 is 18.4. The molecule has 0 saturated heterocycles. The third kappa shape index (κ3) is 4.84. The number of anilines is 2. The smallest absolute Gasteiger partial charge is 0.262 e. The maximum absolute atomic E-state index is 13.1. The standard InChI is InChI=1S/C21H23FN2O3/c1-2-3-11-24-19-9-8-17(12-15(19)7-10-21(24)26)23-20(25)14-27-18-6-4-5-16(22)13-18/h4-6,8-9,12-13H,2-3,7,10-11,14H2,1H3,(H,23,25). The lowest BCUT2D eigenvalue weighted by atomic mass is 10.00. The van der Waals surface area contributed by atoms with E-state index in [1.54, 1.807) is 12.1 Å². The van der Waals surface area contributed by atoms with E-state index < -0.39 is 5.82 Å². The second kappa shape index (κ2) is 8.66. The van der Waals surface area contributed by atoms with Crippen molar-refractivity contribution in [3.63, 3.8) is 0 Å². The molecular formula is C21H23FN2O3. The summed E-state index contributed by atoms with van der Waals surface area (Å²) in [7, 11) is 0. The van der Waals surface area contributed by atoms with E-state index in [9.17, 15) is 14.0 Å². The fourth-order valence-corrected chi connectivity index (χ4v) is 3.10. The van der Waals surface area contributed by atoms with Crippen molar-refractivity contribution in [1.82, 2.24) is 0 Å². The third-order valence-corrected chi connectivity index (χ3v) is 4.46. The van der Waals surface area contributed by atoms with Crippen LogP contribution in [0, 0.1) is 5.82 Å². The summed E-state index contributed by atoms with van der Waals surface area (Å²) in [5, 5.41) is 2.78. The first kappa shape index (κ1) is 18.9. The molecule has 5 nitrogen and oxygen atoms in total. The van der Waals surface area contributed by atoms with Gasteiger partial charge in [-0.1, -0.05) is 19.4 Å². The highest BCUT2D eigenvalue weighted by molar-refractivity contribution is 5.97. The number of fused-ring (bicyclic) bond motifs is 1. The first-order chi connectivity index (χ1) is 13.1. The van der Waals surface area contributed by atoms with Gasteiger partial charge in [-0.05, 0) is 48.7 Å². The van der Waals surface area contributed by atoms with Gasteiger partial charge in [-0.15, -0.1) is 0 Å². The van der Waals surface area contributed by atoms with Gasteiger partial charge >= 0.3 is 0 Å². The molecule has 0 spiro atoms. The molecule has 0 bridgehead atoms. The van der Waals surface area contributed by atoms with Crippen LogP contribution in [0.2, 0.25) is 0 Å². The van der Waals surface area contributed by atoms with E-state index >= 15 is 0 Å². The zero-order chi connectivity index (χ0) is 19.2. The van der Waals surface area contributed by atoms with Gasteiger partial charge in [0.1, 0.15) is 11.6 Å². The normalized spacial score (nSPS) is 13.3. The number of carbonyl (C=O) groups excluding carboxylic acids is 2. The summed E-state index contributed by atoms with van der Waals surface area (Å²) in [5.41, 5.74) is 2.63. The molecule has 0 aliphatic carbocycles. The number of unbranched alkanes of at least 4 members (excludes halogenated alkanes) is 1. The van der Waals surface area contributed by atoms with Crippen molar-refractivity contribution >= 4 is 23.2 Å². The number of nitrogens with zero attached hydrogens (tertiary/aromatic N) is 1. The van der Waals surface area contributed by atoms with Crippen LogP contribution in [0.3, 0.4) is 0 Å². The van der Waals surface area contributed by atoms with E-state index in [2.05, 4.69) is 12.2 Å². The molecular weight excluding hydrogens is 347 g/mol. The van der Waals surface area contributed by atoms with Gasteiger partial charge in [-0.2, -0.15) is 0 Å². The molecule has 1 aliphatic rings. The van der Waals surface area contributed by atoms with Crippen LogP contribution in [0.25, 0.3) is 0 Å². The number of benzene rings is 2. The number of nitrogens with one attached hydrogen (secondary N) is 1. The lowest BCUT2D eigenvalue weighted by Crippen LogP contribution is -2.35. The molecule has 1 aliphatic heterocycles. The van der Waals surface area contributed by atoms with Crippen molar-refractivity contribution in [3.8, 4) is 5.75 Å². The fraction of sp³-hybridized carbons (Fsp3) is 0.333. The Balaban J connectivity index is 1.62. The highest BCUT2D eigenvalue weighted by Gasteiger charge is 2.23. The van der Waals surface area contributed by atoms with Gasteiger partial charge in [-0.25, -0.2) is 4.39 Å². The highest BCUT2D eigenvalue weighted by atomic mass is 19.1. The van der Waals surface area contributed by atoms with Gasteiger partial charge < -0.3 is 15.0 Å². The number of hydrogen-bond donors (Lipinski definition) is 1. The molecule has 1 N–H and O–H groups in total. The maximum Gasteiger partial charge on any atom is 0.262 e. The van der Waals surface area contributed by atoms with Gasteiger partial charge in [0.15, 0.2) is 6.61 Å². The molecule has 1 heterocycles. The molecule has 0 unspecified atom stereocenters. The van der Waals surface area contributed by atoms with Crippen molar-refractivity contribution in [2.45, 2.75) is 32.6 Å². The zero-order valence-corrected chi connectivity index (χ0v) is 15.3. The molecule has 0 saturated carbocycles. The monoisotopic (exact) mass is 370 g/mol. The Morgan fingerprint density at radius 2 is 2.07 bits per heavy atom. The van der Waals surface area contributed by atoms with Crippen molar-refractivity contribution in [1.29, 1.82) is 0 Å². The molecule has 0 fully saturated rings. The predicted octanol–water partition coefficient (Wildman–Crippen LogP) is 3.92. The summed E-state index contributed by atoms with van der Waals surface area (Å²) in [5.74, 6) is -0.282. The molecule has 142 valence electrons. The number of amides is 2. The van der Waals surface area contributed by atoms with Crippen LogP contribution in [0.15, 0.2) is 42.5 Å². The lowest BCUT2D eigenvalue weighted by Gasteiger charge is -2.29. The van der Waals surface area contributed by atoms with Gasteiger partial charge in [0, 0.05) is 30.4 Å². The average molecular weight is 370 g/mol. The first-order valence-corrected chi connectivity index (χ1v) is 9.18. The largest absolute Gasteiger partial charge is 0.484 e. The van der Waals surface area contributed by atoms with E-state index in [4.69, 9.17) is 4.74 Å². The number of ether oxygens (including phenoxy) is 1. The van der Waals surface area contributed by atoms with E-state index in [0.29, 0.717) is 24.3 Å². The summed E-state index contributed by atoms with van der Waals surface area (Å²) in [6, 6.07) is 11.2. The van der Waals surface area contributed by atoms with E-state index in [0.717, 1.165) is 30.6 Å². The van der Waals surface area contributed by atoms with Crippen LogP contribution in [0.1, 0.15) is 31.7 Å². The van der Waals surface area contributed by atoms with Gasteiger partial charge in [0.05, 0.1) is 0 Å². The summed E-state index contributed by atoms with van der Waals surface area (Å²) in [6.45, 7) is 2.61. The Kier molecular flexibility index (Phi) is 6.06. The van der Waals surface area contributed by atoms with Crippen molar-refractivity contribution in [2.75, 3.05) is 23.4 Å². The first-order valence-electron chi connectivity index (χ1n) is 9.18. The number of rotatable bonds is 7. The zero-order valence-electron chi connectivity index (χ0n) is 15.3. The van der Waals surface area contributed by atoms with Crippen LogP contribution in [0.5, 0.6) is 5.75 Å². The topological polar surface area (TPSA) is 58.6 Å². The summed E-state index contributed by atoms with van der Waals surface area (Å²) >= 11 is 0. The Labute approximate surface area is 158 Å². The van der Waals surface area contributed by atoms with Gasteiger partial charge in [0.25, 0.3) is 5.91 Å². The molecule has 0 atom stereocenters. The molecule has 6 heteroatoms. The van der Waals surface area contributed by atoms with E-state index in [1.807, 2.05) is 17.0 Å². The third-order valence-electron chi connectivity index (χ3n) is 4.46. The molecule has 2 amide bonds.